The second-order valence-corrected chi connectivity index (χ2v) is 5.90. The SMILES string of the molecule is COC(C)C(=O)N1CCC(SC)(C(N)=S)CC1. The third-order valence-corrected chi connectivity index (χ3v) is 5.35. The number of carbonyl (C=O) groups excluding carboxylic acids is 1. The van der Waals surface area contributed by atoms with Gasteiger partial charge in [-0.2, -0.15) is 11.8 Å². The van der Waals surface area contributed by atoms with Crippen LogP contribution in [0.3, 0.4) is 0 Å². The van der Waals surface area contributed by atoms with E-state index in [2.05, 4.69) is 0 Å². The predicted octanol–water partition coefficient (Wildman–Crippen LogP) is 1.03. The van der Waals surface area contributed by atoms with Gasteiger partial charge >= 0.3 is 0 Å². The van der Waals surface area contributed by atoms with Crippen LogP contribution in [0, 0.1) is 0 Å². The number of thioether (sulfide) groups is 1. The predicted molar refractivity (Wildman–Crippen MR) is 75.3 cm³/mol. The molecule has 0 aromatic carbocycles. The first-order valence-corrected chi connectivity index (χ1v) is 7.27. The number of ether oxygens (including phenoxy) is 1. The Morgan fingerprint density at radius 1 is 1.53 bits per heavy atom. The average Bonchev–Trinajstić information content (AvgIpc) is 2.36. The van der Waals surface area contributed by atoms with E-state index in [4.69, 9.17) is 22.7 Å². The Morgan fingerprint density at radius 2 is 2.06 bits per heavy atom. The first-order chi connectivity index (χ1) is 7.96. The van der Waals surface area contributed by atoms with Crippen LogP contribution in [-0.4, -0.2) is 53.1 Å². The Labute approximate surface area is 112 Å². The van der Waals surface area contributed by atoms with E-state index in [1.165, 1.54) is 0 Å². The number of thiocarbonyl (C=S) groups is 1. The van der Waals surface area contributed by atoms with E-state index < -0.39 is 0 Å². The van der Waals surface area contributed by atoms with Crippen molar-refractivity contribution in [2.45, 2.75) is 30.6 Å². The Kier molecular flexibility index (Phi) is 5.22. The number of hydrogen-bond acceptors (Lipinski definition) is 4. The molecule has 17 heavy (non-hydrogen) atoms. The third-order valence-electron chi connectivity index (χ3n) is 3.42. The van der Waals surface area contributed by atoms with Gasteiger partial charge in [0, 0.05) is 20.2 Å². The lowest BCUT2D eigenvalue weighted by atomic mass is 9.95. The van der Waals surface area contributed by atoms with Gasteiger partial charge in [-0.05, 0) is 26.0 Å². The zero-order valence-corrected chi connectivity index (χ0v) is 12.2. The summed E-state index contributed by atoms with van der Waals surface area (Å²) in [4.78, 5) is 14.3. The summed E-state index contributed by atoms with van der Waals surface area (Å²) in [5.41, 5.74) is 5.80. The standard InChI is InChI=1S/C11H20N2O2S2/c1-8(15-2)9(14)13-6-4-11(17-3,5-7-13)10(12)16/h8H,4-7H2,1-3H3,(H2,12,16). The number of likely N-dealkylation sites (tertiary alicyclic amines) is 1. The highest BCUT2D eigenvalue weighted by molar-refractivity contribution is 8.02. The molecule has 1 atom stereocenters. The van der Waals surface area contributed by atoms with Crippen molar-refractivity contribution in [2.24, 2.45) is 5.73 Å². The first kappa shape index (κ1) is 14.7. The van der Waals surface area contributed by atoms with Gasteiger partial charge in [-0.1, -0.05) is 12.2 Å². The van der Waals surface area contributed by atoms with Crippen molar-refractivity contribution < 1.29 is 9.53 Å². The van der Waals surface area contributed by atoms with Crippen LogP contribution in [0.15, 0.2) is 0 Å². The molecule has 0 radical (unpaired) electrons. The van der Waals surface area contributed by atoms with Crippen LogP contribution in [-0.2, 0) is 9.53 Å². The second kappa shape index (κ2) is 6.02. The molecule has 1 fully saturated rings. The maximum atomic E-state index is 11.9. The highest BCUT2D eigenvalue weighted by atomic mass is 32.2. The van der Waals surface area contributed by atoms with Crippen LogP contribution >= 0.6 is 24.0 Å². The lowest BCUT2D eigenvalue weighted by Crippen LogP contribution is -2.52. The number of carbonyl (C=O) groups is 1. The number of nitrogens with zero attached hydrogens (tertiary/aromatic N) is 1. The van der Waals surface area contributed by atoms with E-state index in [1.54, 1.807) is 25.8 Å². The normalized spacial score (nSPS) is 21.0. The molecule has 6 heteroatoms. The monoisotopic (exact) mass is 276 g/mol. The van der Waals surface area contributed by atoms with E-state index in [9.17, 15) is 4.79 Å². The van der Waals surface area contributed by atoms with E-state index in [1.807, 2.05) is 11.2 Å². The summed E-state index contributed by atoms with van der Waals surface area (Å²) < 4.78 is 4.91. The van der Waals surface area contributed by atoms with Crippen LogP contribution in [0.4, 0.5) is 0 Å². The molecular weight excluding hydrogens is 256 g/mol. The fraction of sp³-hybridized carbons (Fsp3) is 0.818. The first-order valence-electron chi connectivity index (χ1n) is 5.63. The molecule has 98 valence electrons. The van der Waals surface area contributed by atoms with Crippen molar-refractivity contribution in [1.29, 1.82) is 0 Å². The van der Waals surface area contributed by atoms with E-state index in [-0.39, 0.29) is 16.8 Å². The second-order valence-electron chi connectivity index (χ2n) is 4.27. The minimum Gasteiger partial charge on any atom is -0.392 e. The largest absolute Gasteiger partial charge is 0.392 e. The fourth-order valence-electron chi connectivity index (χ4n) is 2.00. The maximum Gasteiger partial charge on any atom is 0.251 e. The molecule has 0 spiro atoms. The zero-order chi connectivity index (χ0) is 13.1. The van der Waals surface area contributed by atoms with Crippen LogP contribution in [0.2, 0.25) is 0 Å². The minimum atomic E-state index is -0.374. The average molecular weight is 276 g/mol. The van der Waals surface area contributed by atoms with Crippen molar-refractivity contribution in [2.75, 3.05) is 26.5 Å². The van der Waals surface area contributed by atoms with Crippen molar-refractivity contribution in [3.63, 3.8) is 0 Å². The molecule has 4 nitrogen and oxygen atoms in total. The van der Waals surface area contributed by atoms with Crippen molar-refractivity contribution in [1.82, 2.24) is 4.90 Å². The topological polar surface area (TPSA) is 55.6 Å². The number of piperidine rings is 1. The van der Waals surface area contributed by atoms with Gasteiger partial charge in [-0.25, -0.2) is 0 Å². The summed E-state index contributed by atoms with van der Waals surface area (Å²) in [7, 11) is 1.55. The minimum absolute atomic E-state index is 0.0464. The summed E-state index contributed by atoms with van der Waals surface area (Å²) >= 11 is 6.83. The highest BCUT2D eigenvalue weighted by Gasteiger charge is 2.38. The Balaban J connectivity index is 2.61. The molecule has 2 N–H and O–H groups in total. The van der Waals surface area contributed by atoms with Gasteiger partial charge in [0.15, 0.2) is 0 Å². The van der Waals surface area contributed by atoms with E-state index in [0.29, 0.717) is 18.1 Å². The van der Waals surface area contributed by atoms with Crippen LogP contribution in [0.25, 0.3) is 0 Å². The van der Waals surface area contributed by atoms with Gasteiger partial charge in [0.05, 0.1) is 9.74 Å². The van der Waals surface area contributed by atoms with Crippen LogP contribution < -0.4 is 5.73 Å². The molecular formula is C11H20N2O2S2. The third kappa shape index (κ3) is 3.11. The summed E-state index contributed by atoms with van der Waals surface area (Å²) in [6.07, 6.45) is 3.30. The lowest BCUT2D eigenvalue weighted by Gasteiger charge is -2.40. The number of rotatable bonds is 4. The molecule has 0 saturated carbocycles. The summed E-state index contributed by atoms with van der Waals surface area (Å²) in [6.45, 7) is 3.17. The van der Waals surface area contributed by atoms with Gasteiger partial charge < -0.3 is 15.4 Å². The lowest BCUT2D eigenvalue weighted by molar-refractivity contribution is -0.141. The van der Waals surface area contributed by atoms with Gasteiger partial charge in [-0.3, -0.25) is 4.79 Å². The smallest absolute Gasteiger partial charge is 0.251 e. The number of hydrogen-bond donors (Lipinski definition) is 1. The van der Waals surface area contributed by atoms with E-state index >= 15 is 0 Å². The molecule has 1 saturated heterocycles. The van der Waals surface area contributed by atoms with Gasteiger partial charge in [0.25, 0.3) is 5.91 Å². The Bertz CT molecular complexity index is 302. The van der Waals surface area contributed by atoms with Crippen molar-refractivity contribution >= 4 is 34.9 Å². The Morgan fingerprint density at radius 3 is 2.41 bits per heavy atom. The zero-order valence-electron chi connectivity index (χ0n) is 10.6. The summed E-state index contributed by atoms with van der Waals surface area (Å²) in [5, 5.41) is 0. The van der Waals surface area contributed by atoms with Crippen LogP contribution in [0.5, 0.6) is 0 Å². The van der Waals surface area contributed by atoms with Gasteiger partial charge in [0.2, 0.25) is 0 Å². The summed E-state index contributed by atoms with van der Waals surface area (Å²) in [5.74, 6) is 0.0464. The highest BCUT2D eigenvalue weighted by Crippen LogP contribution is 2.35. The quantitative estimate of drug-likeness (QED) is 0.777. The number of methoxy groups -OCH3 is 1. The van der Waals surface area contributed by atoms with Gasteiger partial charge in [0.1, 0.15) is 6.10 Å². The maximum absolute atomic E-state index is 11.9. The molecule has 1 aliphatic heterocycles. The molecule has 0 aromatic heterocycles. The van der Waals surface area contributed by atoms with Crippen molar-refractivity contribution in [3.8, 4) is 0 Å². The molecule has 1 unspecified atom stereocenters. The molecule has 0 aromatic rings. The molecule has 1 amide bonds. The van der Waals surface area contributed by atoms with Crippen molar-refractivity contribution in [3.05, 3.63) is 0 Å². The van der Waals surface area contributed by atoms with Crippen LogP contribution in [0.1, 0.15) is 19.8 Å². The molecule has 1 rings (SSSR count). The molecule has 1 heterocycles. The number of nitrogens with two attached hydrogens (primary N) is 1. The van der Waals surface area contributed by atoms with Gasteiger partial charge in [-0.15, -0.1) is 0 Å². The molecule has 1 aliphatic rings. The Hall–Kier alpha value is -0.330. The fourth-order valence-corrected chi connectivity index (χ4v) is 3.24. The number of amides is 1. The summed E-state index contributed by atoms with van der Waals surface area (Å²) in [6, 6.07) is 0. The molecule has 0 aliphatic carbocycles. The van der Waals surface area contributed by atoms with E-state index in [0.717, 1.165) is 12.8 Å². The molecule has 0 bridgehead atoms.